The average molecular weight is 382 g/mol. The number of benzene rings is 1. The van der Waals surface area contributed by atoms with E-state index in [1.165, 1.54) is 11.1 Å². The molecule has 0 aliphatic rings. The third kappa shape index (κ3) is 2.58. The van der Waals surface area contributed by atoms with Crippen molar-refractivity contribution in [2.45, 2.75) is 0 Å². The molecular weight excluding hydrogens is 374 g/mol. The highest BCUT2D eigenvalue weighted by Crippen LogP contribution is 2.25. The van der Waals surface area contributed by atoms with Crippen molar-refractivity contribution >= 4 is 52.3 Å². The van der Waals surface area contributed by atoms with Gasteiger partial charge in [-0.05, 0) is 62.4 Å². The van der Waals surface area contributed by atoms with Crippen molar-refractivity contribution in [2.75, 3.05) is 0 Å². The van der Waals surface area contributed by atoms with E-state index in [0.717, 1.165) is 7.16 Å². The number of hydrogen-bond donors (Lipinski definition) is 0. The van der Waals surface area contributed by atoms with Gasteiger partial charge in [0.15, 0.2) is 0 Å². The molecular formula is C10H8I2. The smallest absolute Gasteiger partial charge is 0.0131 e. The van der Waals surface area contributed by atoms with E-state index >= 15 is 0 Å². The fourth-order valence-corrected chi connectivity index (χ4v) is 1.53. The van der Waals surface area contributed by atoms with E-state index < -0.39 is 0 Å². The summed E-state index contributed by atoms with van der Waals surface area (Å²) in [6.45, 7) is 7.76. The predicted molar refractivity (Wildman–Crippen MR) is 72.6 cm³/mol. The van der Waals surface area contributed by atoms with Crippen LogP contribution in [0, 0.1) is 0 Å². The first-order valence-electron chi connectivity index (χ1n) is 3.41. The average Bonchev–Trinajstić information content (AvgIpc) is 2.04. The van der Waals surface area contributed by atoms with Gasteiger partial charge in [0.05, 0.1) is 0 Å². The minimum absolute atomic E-state index is 1.06. The monoisotopic (exact) mass is 382 g/mol. The molecule has 0 N–H and O–H groups in total. The predicted octanol–water partition coefficient (Wildman–Crippen LogP) is 4.50. The first-order valence-corrected chi connectivity index (χ1v) is 5.56. The van der Waals surface area contributed by atoms with Gasteiger partial charge in [-0.3, -0.25) is 0 Å². The largest absolute Gasteiger partial charge is 0.0850 e. The molecule has 0 amide bonds. The van der Waals surface area contributed by atoms with Gasteiger partial charge in [0.2, 0.25) is 0 Å². The van der Waals surface area contributed by atoms with Crippen LogP contribution in [0.25, 0.3) is 7.16 Å². The van der Waals surface area contributed by atoms with Crippen molar-refractivity contribution in [1.29, 1.82) is 0 Å². The van der Waals surface area contributed by atoms with Gasteiger partial charge in [-0.1, -0.05) is 31.4 Å². The number of halogens is 2. The Hall–Kier alpha value is 0.160. The molecule has 2 heteroatoms. The van der Waals surface area contributed by atoms with Crippen LogP contribution in [-0.2, 0) is 0 Å². The standard InChI is InChI=1S/C10H8I2/c1-7(11)9-4-3-5-10(6-9)8(2)12/h3-6H,1-2H2. The lowest BCUT2D eigenvalue weighted by molar-refractivity contribution is 1.62. The molecule has 0 atom stereocenters. The molecule has 0 spiro atoms. The van der Waals surface area contributed by atoms with Gasteiger partial charge in [0.25, 0.3) is 0 Å². The number of hydrogen-bond acceptors (Lipinski definition) is 0. The van der Waals surface area contributed by atoms with Gasteiger partial charge in [-0.15, -0.1) is 0 Å². The second-order valence-corrected chi connectivity index (χ2v) is 4.99. The summed E-state index contributed by atoms with van der Waals surface area (Å²) >= 11 is 4.44. The maximum absolute atomic E-state index is 3.88. The molecule has 0 bridgehead atoms. The Morgan fingerprint density at radius 3 is 1.75 bits per heavy atom. The van der Waals surface area contributed by atoms with Gasteiger partial charge in [0.1, 0.15) is 0 Å². The molecule has 1 rings (SSSR count). The Morgan fingerprint density at radius 1 is 1.00 bits per heavy atom. The van der Waals surface area contributed by atoms with E-state index in [2.05, 4.69) is 76.5 Å². The van der Waals surface area contributed by atoms with Crippen LogP contribution in [0.1, 0.15) is 11.1 Å². The Labute approximate surface area is 100 Å². The highest BCUT2D eigenvalue weighted by atomic mass is 127. The zero-order valence-electron chi connectivity index (χ0n) is 6.48. The van der Waals surface area contributed by atoms with Crippen molar-refractivity contribution < 1.29 is 0 Å². The maximum Gasteiger partial charge on any atom is 0.0131 e. The van der Waals surface area contributed by atoms with Crippen molar-refractivity contribution in [2.24, 2.45) is 0 Å². The fraction of sp³-hybridized carbons (Fsp3) is 0. The Morgan fingerprint density at radius 2 is 1.42 bits per heavy atom. The molecule has 0 unspecified atom stereocenters. The van der Waals surface area contributed by atoms with Crippen molar-refractivity contribution in [3.8, 4) is 0 Å². The molecule has 0 aliphatic carbocycles. The summed E-state index contributed by atoms with van der Waals surface area (Å²) in [6.07, 6.45) is 0. The lowest BCUT2D eigenvalue weighted by Gasteiger charge is -2.01. The van der Waals surface area contributed by atoms with E-state index in [4.69, 9.17) is 0 Å². The Kier molecular flexibility index (Phi) is 3.77. The van der Waals surface area contributed by atoms with Crippen molar-refractivity contribution in [3.63, 3.8) is 0 Å². The quantitative estimate of drug-likeness (QED) is 0.662. The summed E-state index contributed by atoms with van der Waals surface area (Å²) in [4.78, 5) is 0. The summed E-state index contributed by atoms with van der Waals surface area (Å²) in [5.41, 5.74) is 2.34. The molecule has 0 radical (unpaired) electrons. The van der Waals surface area contributed by atoms with Crippen LogP contribution >= 0.6 is 45.2 Å². The number of rotatable bonds is 2. The second kappa shape index (κ2) is 4.41. The fourth-order valence-electron chi connectivity index (χ4n) is 0.857. The van der Waals surface area contributed by atoms with E-state index in [-0.39, 0.29) is 0 Å². The molecule has 0 heterocycles. The van der Waals surface area contributed by atoms with Gasteiger partial charge in [-0.2, -0.15) is 0 Å². The third-order valence-corrected chi connectivity index (χ3v) is 2.73. The van der Waals surface area contributed by atoms with E-state index in [9.17, 15) is 0 Å². The molecule has 1 aromatic carbocycles. The molecule has 0 nitrogen and oxygen atoms in total. The zero-order chi connectivity index (χ0) is 9.14. The summed E-state index contributed by atoms with van der Waals surface area (Å²) in [5, 5.41) is 0. The molecule has 0 aromatic heterocycles. The van der Waals surface area contributed by atoms with Gasteiger partial charge < -0.3 is 0 Å². The van der Waals surface area contributed by atoms with Crippen LogP contribution in [-0.4, -0.2) is 0 Å². The van der Waals surface area contributed by atoms with Crippen LogP contribution < -0.4 is 0 Å². The molecule has 1 aromatic rings. The lowest BCUT2D eigenvalue weighted by atomic mass is 10.1. The zero-order valence-corrected chi connectivity index (χ0v) is 10.8. The molecule has 62 valence electrons. The highest BCUT2D eigenvalue weighted by Gasteiger charge is 1.97. The maximum atomic E-state index is 3.88. The van der Waals surface area contributed by atoms with Crippen LogP contribution in [0.15, 0.2) is 37.4 Å². The summed E-state index contributed by atoms with van der Waals surface area (Å²) in [7, 11) is 0. The van der Waals surface area contributed by atoms with E-state index in [0.29, 0.717) is 0 Å². The van der Waals surface area contributed by atoms with Gasteiger partial charge in [0, 0.05) is 7.16 Å². The third-order valence-electron chi connectivity index (χ3n) is 1.49. The minimum Gasteiger partial charge on any atom is -0.0850 e. The summed E-state index contributed by atoms with van der Waals surface area (Å²) in [5.74, 6) is 0. The molecule has 0 saturated carbocycles. The van der Waals surface area contributed by atoms with Gasteiger partial charge >= 0.3 is 0 Å². The van der Waals surface area contributed by atoms with Crippen LogP contribution in [0.5, 0.6) is 0 Å². The Bertz CT molecular complexity index is 297. The Balaban J connectivity index is 3.12. The van der Waals surface area contributed by atoms with Crippen molar-refractivity contribution in [1.82, 2.24) is 0 Å². The SMILES string of the molecule is C=C(I)c1cccc(C(=C)I)c1. The molecule has 0 saturated heterocycles. The first-order chi connectivity index (χ1) is 5.61. The van der Waals surface area contributed by atoms with E-state index in [1.54, 1.807) is 0 Å². The topological polar surface area (TPSA) is 0 Å². The second-order valence-electron chi connectivity index (χ2n) is 2.39. The van der Waals surface area contributed by atoms with Crippen molar-refractivity contribution in [3.05, 3.63) is 48.6 Å². The molecule has 12 heavy (non-hydrogen) atoms. The van der Waals surface area contributed by atoms with Gasteiger partial charge in [-0.25, -0.2) is 0 Å². The summed E-state index contributed by atoms with van der Waals surface area (Å²) in [6, 6.07) is 8.23. The lowest BCUT2D eigenvalue weighted by Crippen LogP contribution is -1.78. The highest BCUT2D eigenvalue weighted by molar-refractivity contribution is 14.1. The minimum atomic E-state index is 1.06. The van der Waals surface area contributed by atoms with Crippen LogP contribution in [0.2, 0.25) is 0 Å². The summed E-state index contributed by atoms with van der Waals surface area (Å²) < 4.78 is 2.12. The van der Waals surface area contributed by atoms with E-state index in [1.807, 2.05) is 6.07 Å². The normalized spacial score (nSPS) is 9.50. The molecule has 0 aliphatic heterocycles. The van der Waals surface area contributed by atoms with Crippen LogP contribution in [0.4, 0.5) is 0 Å². The molecule has 0 fully saturated rings. The first kappa shape index (κ1) is 10.2. The van der Waals surface area contributed by atoms with Crippen LogP contribution in [0.3, 0.4) is 0 Å².